The quantitative estimate of drug-likeness (QED) is 0.792. The maximum atomic E-state index is 5.93. The van der Waals surface area contributed by atoms with E-state index >= 15 is 0 Å². The fourth-order valence-electron chi connectivity index (χ4n) is 2.98. The van der Waals surface area contributed by atoms with Crippen LogP contribution in [0.25, 0.3) is 0 Å². The fourth-order valence-corrected chi connectivity index (χ4v) is 2.98. The van der Waals surface area contributed by atoms with Crippen molar-refractivity contribution in [2.45, 2.75) is 44.2 Å². The Morgan fingerprint density at radius 2 is 1.65 bits per heavy atom. The molecule has 92 valence electrons. The van der Waals surface area contributed by atoms with Gasteiger partial charge >= 0.3 is 0 Å². The summed E-state index contributed by atoms with van der Waals surface area (Å²) in [5.41, 5.74) is 0. The molecule has 0 atom stereocenters. The number of para-hydroxylation sites is 1. The lowest BCUT2D eigenvalue weighted by molar-refractivity contribution is -0.0187. The first-order valence-corrected chi connectivity index (χ1v) is 6.87. The molecule has 0 amide bonds. The predicted molar refractivity (Wildman–Crippen MR) is 69.3 cm³/mol. The van der Waals surface area contributed by atoms with E-state index in [9.17, 15) is 0 Å². The van der Waals surface area contributed by atoms with Gasteiger partial charge in [0.1, 0.15) is 11.9 Å². The van der Waals surface area contributed by atoms with E-state index in [0.29, 0.717) is 6.10 Å². The van der Waals surface area contributed by atoms with Gasteiger partial charge in [0.25, 0.3) is 0 Å². The molecule has 1 saturated heterocycles. The molecule has 1 saturated carbocycles. The van der Waals surface area contributed by atoms with Gasteiger partial charge in [-0.05, 0) is 25.0 Å². The number of ether oxygens (including phenoxy) is 1. The van der Waals surface area contributed by atoms with E-state index < -0.39 is 0 Å². The molecule has 17 heavy (non-hydrogen) atoms. The average Bonchev–Trinajstić information content (AvgIpc) is 2.36. The Morgan fingerprint density at radius 1 is 0.941 bits per heavy atom. The van der Waals surface area contributed by atoms with Crippen molar-refractivity contribution in [2.75, 3.05) is 13.1 Å². The summed E-state index contributed by atoms with van der Waals surface area (Å²) in [6.07, 6.45) is 7.50. The van der Waals surface area contributed by atoms with Crippen LogP contribution in [0, 0.1) is 0 Å². The van der Waals surface area contributed by atoms with E-state index in [-0.39, 0.29) is 0 Å². The van der Waals surface area contributed by atoms with Gasteiger partial charge in [0.15, 0.2) is 0 Å². The highest BCUT2D eigenvalue weighted by atomic mass is 16.5. The van der Waals surface area contributed by atoms with Crippen molar-refractivity contribution in [3.05, 3.63) is 30.3 Å². The van der Waals surface area contributed by atoms with Crippen LogP contribution in [0.15, 0.2) is 30.3 Å². The Kier molecular flexibility index (Phi) is 3.32. The third-order valence-corrected chi connectivity index (χ3v) is 4.01. The van der Waals surface area contributed by atoms with Crippen LogP contribution in [0.4, 0.5) is 0 Å². The molecule has 1 aromatic rings. The van der Waals surface area contributed by atoms with Crippen LogP contribution in [-0.2, 0) is 0 Å². The van der Waals surface area contributed by atoms with Crippen LogP contribution >= 0.6 is 0 Å². The number of likely N-dealkylation sites (tertiary alicyclic amines) is 1. The molecule has 2 aliphatic rings. The molecule has 2 fully saturated rings. The van der Waals surface area contributed by atoms with E-state index in [0.717, 1.165) is 24.9 Å². The summed E-state index contributed by atoms with van der Waals surface area (Å²) < 4.78 is 5.93. The first kappa shape index (κ1) is 11.1. The van der Waals surface area contributed by atoms with Crippen molar-refractivity contribution in [3.8, 4) is 5.75 Å². The molecule has 0 spiro atoms. The largest absolute Gasteiger partial charge is 0.488 e. The molecular formula is C15H21NO. The molecule has 0 bridgehead atoms. The van der Waals surface area contributed by atoms with E-state index in [1.165, 1.54) is 32.1 Å². The predicted octanol–water partition coefficient (Wildman–Crippen LogP) is 3.08. The summed E-state index contributed by atoms with van der Waals surface area (Å²) in [5.74, 6) is 1.01. The molecule has 3 rings (SSSR count). The topological polar surface area (TPSA) is 12.5 Å². The first-order valence-electron chi connectivity index (χ1n) is 6.87. The van der Waals surface area contributed by atoms with Gasteiger partial charge in [0.2, 0.25) is 0 Å². The number of nitrogens with zero attached hydrogens (tertiary/aromatic N) is 1. The van der Waals surface area contributed by atoms with Crippen molar-refractivity contribution >= 4 is 0 Å². The molecule has 1 heterocycles. The highest BCUT2D eigenvalue weighted by Gasteiger charge is 2.34. The molecule has 0 N–H and O–H groups in total. The minimum absolute atomic E-state index is 0.416. The lowest BCUT2D eigenvalue weighted by Gasteiger charge is -2.45. The molecule has 0 radical (unpaired) electrons. The third-order valence-electron chi connectivity index (χ3n) is 4.01. The molecule has 0 unspecified atom stereocenters. The molecule has 1 aromatic carbocycles. The van der Waals surface area contributed by atoms with Crippen molar-refractivity contribution in [3.63, 3.8) is 0 Å². The van der Waals surface area contributed by atoms with Crippen molar-refractivity contribution in [1.82, 2.24) is 4.90 Å². The zero-order valence-electron chi connectivity index (χ0n) is 10.3. The van der Waals surface area contributed by atoms with Gasteiger partial charge in [-0.15, -0.1) is 0 Å². The summed E-state index contributed by atoms with van der Waals surface area (Å²) in [5, 5.41) is 0. The maximum Gasteiger partial charge on any atom is 0.124 e. The molecule has 1 aliphatic heterocycles. The Bertz CT molecular complexity index is 339. The molecule has 1 aliphatic carbocycles. The van der Waals surface area contributed by atoms with E-state index in [4.69, 9.17) is 4.74 Å². The van der Waals surface area contributed by atoms with Gasteiger partial charge < -0.3 is 4.74 Å². The second kappa shape index (κ2) is 5.09. The third kappa shape index (κ3) is 2.63. The van der Waals surface area contributed by atoms with E-state index in [1.807, 2.05) is 30.3 Å². The van der Waals surface area contributed by atoms with Gasteiger partial charge in [-0.1, -0.05) is 37.5 Å². The second-order valence-corrected chi connectivity index (χ2v) is 5.30. The Labute approximate surface area is 104 Å². The second-order valence-electron chi connectivity index (χ2n) is 5.30. The highest BCUT2D eigenvalue weighted by molar-refractivity contribution is 5.21. The van der Waals surface area contributed by atoms with E-state index in [1.54, 1.807) is 0 Å². The SMILES string of the molecule is c1ccc(OC2CN(C3CCCCC3)C2)cc1. The highest BCUT2D eigenvalue weighted by Crippen LogP contribution is 2.27. The Morgan fingerprint density at radius 3 is 2.35 bits per heavy atom. The van der Waals surface area contributed by atoms with Crippen LogP contribution in [0.5, 0.6) is 5.75 Å². The van der Waals surface area contributed by atoms with Crippen LogP contribution in [0.3, 0.4) is 0 Å². The first-order chi connectivity index (χ1) is 8.42. The van der Waals surface area contributed by atoms with Gasteiger partial charge in [-0.25, -0.2) is 0 Å². The standard InChI is InChI=1S/C15H21NO/c1-3-7-13(8-4-1)16-11-15(12-16)17-14-9-5-2-6-10-14/h2,5-6,9-10,13,15H,1,3-4,7-8,11-12H2. The van der Waals surface area contributed by atoms with Gasteiger partial charge in [0, 0.05) is 19.1 Å². The lowest BCUT2D eigenvalue weighted by Crippen LogP contribution is -2.58. The normalized spacial score (nSPS) is 23.3. The van der Waals surface area contributed by atoms with Gasteiger partial charge in [-0.2, -0.15) is 0 Å². The molecular weight excluding hydrogens is 210 g/mol. The molecule has 2 heteroatoms. The van der Waals surface area contributed by atoms with Crippen LogP contribution in [-0.4, -0.2) is 30.1 Å². The van der Waals surface area contributed by atoms with Crippen LogP contribution in [0.2, 0.25) is 0 Å². The van der Waals surface area contributed by atoms with Crippen molar-refractivity contribution in [2.24, 2.45) is 0 Å². The zero-order valence-corrected chi connectivity index (χ0v) is 10.3. The van der Waals surface area contributed by atoms with Gasteiger partial charge in [0.05, 0.1) is 0 Å². The smallest absolute Gasteiger partial charge is 0.124 e. The average molecular weight is 231 g/mol. The summed E-state index contributed by atoms with van der Waals surface area (Å²) in [6, 6.07) is 11.0. The van der Waals surface area contributed by atoms with Crippen molar-refractivity contribution in [1.29, 1.82) is 0 Å². The van der Waals surface area contributed by atoms with Crippen LogP contribution < -0.4 is 4.74 Å². The molecule has 0 aromatic heterocycles. The number of benzene rings is 1. The lowest BCUT2D eigenvalue weighted by atomic mass is 9.92. The summed E-state index contributed by atoms with van der Waals surface area (Å²) >= 11 is 0. The summed E-state index contributed by atoms with van der Waals surface area (Å²) in [6.45, 7) is 2.25. The Balaban J connectivity index is 1.45. The summed E-state index contributed by atoms with van der Waals surface area (Å²) in [7, 11) is 0. The van der Waals surface area contributed by atoms with Gasteiger partial charge in [-0.3, -0.25) is 4.90 Å². The summed E-state index contributed by atoms with van der Waals surface area (Å²) in [4.78, 5) is 2.60. The Hall–Kier alpha value is -1.02. The number of hydrogen-bond donors (Lipinski definition) is 0. The molecule has 2 nitrogen and oxygen atoms in total. The minimum atomic E-state index is 0.416. The monoisotopic (exact) mass is 231 g/mol. The fraction of sp³-hybridized carbons (Fsp3) is 0.600. The van der Waals surface area contributed by atoms with E-state index in [2.05, 4.69) is 4.90 Å². The number of rotatable bonds is 3. The minimum Gasteiger partial charge on any atom is -0.488 e. The number of hydrogen-bond acceptors (Lipinski definition) is 2. The van der Waals surface area contributed by atoms with Crippen LogP contribution in [0.1, 0.15) is 32.1 Å². The zero-order chi connectivity index (χ0) is 11.5. The van der Waals surface area contributed by atoms with Crippen molar-refractivity contribution < 1.29 is 4.74 Å². The maximum absolute atomic E-state index is 5.93.